The summed E-state index contributed by atoms with van der Waals surface area (Å²) in [5, 5.41) is 17.6. The van der Waals surface area contributed by atoms with Crippen molar-refractivity contribution in [2.75, 3.05) is 0 Å². The standard InChI is InChI=1S/C9H17NO3/c1-6(2)5-7(10)8(11)3-4-9(12)13/h3-4,6-8,11H,5,10H2,1-2H3,(H,12,13)/b4-3+/t7-,8+/m1/s1. The maximum Gasteiger partial charge on any atom is 0.328 e. The van der Waals surface area contributed by atoms with Crippen LogP contribution in [0.1, 0.15) is 20.3 Å². The zero-order valence-electron chi connectivity index (χ0n) is 7.97. The van der Waals surface area contributed by atoms with E-state index < -0.39 is 18.1 Å². The van der Waals surface area contributed by atoms with Gasteiger partial charge in [-0.25, -0.2) is 4.79 Å². The van der Waals surface area contributed by atoms with Crippen LogP contribution in [0.4, 0.5) is 0 Å². The first-order chi connectivity index (χ1) is 5.93. The van der Waals surface area contributed by atoms with Crippen molar-refractivity contribution in [3.05, 3.63) is 12.2 Å². The van der Waals surface area contributed by atoms with Gasteiger partial charge in [-0.3, -0.25) is 0 Å². The van der Waals surface area contributed by atoms with Gasteiger partial charge in [-0.1, -0.05) is 13.8 Å². The van der Waals surface area contributed by atoms with Gasteiger partial charge in [0.05, 0.1) is 6.10 Å². The van der Waals surface area contributed by atoms with Crippen molar-refractivity contribution in [2.45, 2.75) is 32.4 Å². The van der Waals surface area contributed by atoms with Crippen molar-refractivity contribution < 1.29 is 15.0 Å². The fourth-order valence-corrected chi connectivity index (χ4v) is 1.01. The molecule has 0 aromatic heterocycles. The molecule has 0 fully saturated rings. The topological polar surface area (TPSA) is 83.5 Å². The van der Waals surface area contributed by atoms with Gasteiger partial charge in [-0.15, -0.1) is 0 Å². The average molecular weight is 187 g/mol. The largest absolute Gasteiger partial charge is 0.478 e. The molecule has 0 aliphatic heterocycles. The van der Waals surface area contributed by atoms with Crippen LogP contribution in [-0.2, 0) is 4.79 Å². The summed E-state index contributed by atoms with van der Waals surface area (Å²) in [6, 6.07) is -0.393. The van der Waals surface area contributed by atoms with Gasteiger partial charge in [0.2, 0.25) is 0 Å². The predicted octanol–water partition coefficient (Wildman–Crippen LogP) is 0.361. The van der Waals surface area contributed by atoms with Crippen molar-refractivity contribution >= 4 is 5.97 Å². The monoisotopic (exact) mass is 187 g/mol. The quantitative estimate of drug-likeness (QED) is 0.543. The molecule has 0 aromatic carbocycles. The molecule has 13 heavy (non-hydrogen) atoms. The molecule has 0 amide bonds. The molecule has 0 bridgehead atoms. The van der Waals surface area contributed by atoms with Crippen LogP contribution in [0.2, 0.25) is 0 Å². The first-order valence-electron chi connectivity index (χ1n) is 4.28. The van der Waals surface area contributed by atoms with Crippen molar-refractivity contribution in [1.29, 1.82) is 0 Å². The molecule has 0 aliphatic rings. The van der Waals surface area contributed by atoms with E-state index in [1.165, 1.54) is 6.08 Å². The van der Waals surface area contributed by atoms with Gasteiger partial charge in [0.15, 0.2) is 0 Å². The van der Waals surface area contributed by atoms with Crippen LogP contribution in [0, 0.1) is 5.92 Å². The minimum absolute atomic E-state index is 0.392. The Kier molecular flexibility index (Phi) is 5.34. The molecule has 0 radical (unpaired) electrons. The van der Waals surface area contributed by atoms with Crippen molar-refractivity contribution in [3.63, 3.8) is 0 Å². The zero-order valence-corrected chi connectivity index (χ0v) is 7.97. The zero-order chi connectivity index (χ0) is 10.4. The highest BCUT2D eigenvalue weighted by molar-refractivity contribution is 5.79. The summed E-state index contributed by atoms with van der Waals surface area (Å²) in [5.41, 5.74) is 5.61. The third-order valence-corrected chi connectivity index (χ3v) is 1.62. The van der Waals surface area contributed by atoms with E-state index in [4.69, 9.17) is 10.8 Å². The first-order valence-corrected chi connectivity index (χ1v) is 4.28. The Balaban J connectivity index is 3.95. The Hall–Kier alpha value is -0.870. The number of carbonyl (C=O) groups is 1. The molecule has 4 nitrogen and oxygen atoms in total. The van der Waals surface area contributed by atoms with Gasteiger partial charge in [0.25, 0.3) is 0 Å². The molecule has 0 spiro atoms. The molecule has 76 valence electrons. The van der Waals surface area contributed by atoms with Crippen molar-refractivity contribution in [2.24, 2.45) is 11.7 Å². The summed E-state index contributed by atoms with van der Waals surface area (Å²) in [4.78, 5) is 10.1. The first kappa shape index (κ1) is 12.1. The Labute approximate surface area is 78.1 Å². The SMILES string of the molecule is CC(C)C[C@@H](N)[C@@H](O)/C=C/C(=O)O. The van der Waals surface area contributed by atoms with Gasteiger partial charge in [-0.2, -0.15) is 0 Å². The summed E-state index contributed by atoms with van der Waals surface area (Å²) < 4.78 is 0. The number of carboxylic acids is 1. The number of aliphatic hydroxyl groups excluding tert-OH is 1. The van der Waals surface area contributed by atoms with Crippen molar-refractivity contribution in [1.82, 2.24) is 0 Å². The lowest BCUT2D eigenvalue weighted by atomic mass is 10.00. The van der Waals surface area contributed by atoms with E-state index in [0.29, 0.717) is 12.3 Å². The number of aliphatic hydroxyl groups is 1. The summed E-state index contributed by atoms with van der Waals surface area (Å²) in [6.45, 7) is 3.99. The molecule has 0 saturated heterocycles. The smallest absolute Gasteiger partial charge is 0.328 e. The molecule has 4 heteroatoms. The fraction of sp³-hybridized carbons (Fsp3) is 0.667. The van der Waals surface area contributed by atoms with E-state index in [0.717, 1.165) is 6.08 Å². The molecule has 0 heterocycles. The number of rotatable bonds is 5. The lowest BCUT2D eigenvalue weighted by molar-refractivity contribution is -0.131. The van der Waals surface area contributed by atoms with Gasteiger partial charge < -0.3 is 15.9 Å². The van der Waals surface area contributed by atoms with E-state index in [2.05, 4.69) is 0 Å². The summed E-state index contributed by atoms with van der Waals surface area (Å²) in [5.74, 6) is -0.682. The lowest BCUT2D eigenvalue weighted by Crippen LogP contribution is -2.34. The third kappa shape index (κ3) is 6.31. The highest BCUT2D eigenvalue weighted by atomic mass is 16.4. The highest BCUT2D eigenvalue weighted by Gasteiger charge is 2.13. The van der Waals surface area contributed by atoms with Gasteiger partial charge in [-0.05, 0) is 18.4 Å². The van der Waals surface area contributed by atoms with Crippen LogP contribution in [0.15, 0.2) is 12.2 Å². The second-order valence-corrected chi connectivity index (χ2v) is 3.48. The third-order valence-electron chi connectivity index (χ3n) is 1.62. The number of aliphatic carboxylic acids is 1. The predicted molar refractivity (Wildman–Crippen MR) is 50.2 cm³/mol. The van der Waals surface area contributed by atoms with E-state index in [9.17, 15) is 9.90 Å². The number of hydrogen-bond donors (Lipinski definition) is 3. The molecule has 0 saturated carbocycles. The molecule has 4 N–H and O–H groups in total. The molecule has 0 rings (SSSR count). The minimum atomic E-state index is -1.07. The second-order valence-electron chi connectivity index (χ2n) is 3.48. The van der Waals surface area contributed by atoms with E-state index in [1.807, 2.05) is 13.8 Å². The second kappa shape index (κ2) is 5.72. The molecule has 0 unspecified atom stereocenters. The normalized spacial score (nSPS) is 16.4. The van der Waals surface area contributed by atoms with Gasteiger partial charge >= 0.3 is 5.97 Å². The van der Waals surface area contributed by atoms with Crippen LogP contribution >= 0.6 is 0 Å². The maximum absolute atomic E-state index is 10.1. The summed E-state index contributed by atoms with van der Waals surface area (Å²) >= 11 is 0. The molecular weight excluding hydrogens is 170 g/mol. The molecule has 0 aromatic rings. The molecule has 0 aliphatic carbocycles. The van der Waals surface area contributed by atoms with E-state index in [-0.39, 0.29) is 0 Å². The summed E-state index contributed by atoms with van der Waals surface area (Å²) in [6.07, 6.45) is 1.91. The minimum Gasteiger partial charge on any atom is -0.478 e. The van der Waals surface area contributed by atoms with Crippen LogP contribution < -0.4 is 5.73 Å². The Morgan fingerprint density at radius 2 is 2.08 bits per heavy atom. The van der Waals surface area contributed by atoms with Crippen LogP contribution in [0.25, 0.3) is 0 Å². The van der Waals surface area contributed by atoms with Crippen LogP contribution in [0.5, 0.6) is 0 Å². The number of carboxylic acid groups (broad SMARTS) is 1. The Morgan fingerprint density at radius 1 is 1.54 bits per heavy atom. The summed E-state index contributed by atoms with van der Waals surface area (Å²) in [7, 11) is 0. The molecule has 2 atom stereocenters. The number of nitrogens with two attached hydrogens (primary N) is 1. The maximum atomic E-state index is 10.1. The Morgan fingerprint density at radius 3 is 2.46 bits per heavy atom. The fourth-order valence-electron chi connectivity index (χ4n) is 1.01. The van der Waals surface area contributed by atoms with E-state index in [1.54, 1.807) is 0 Å². The van der Waals surface area contributed by atoms with Gasteiger partial charge in [0.1, 0.15) is 0 Å². The lowest BCUT2D eigenvalue weighted by Gasteiger charge is -2.17. The Bertz CT molecular complexity index is 189. The average Bonchev–Trinajstić information content (AvgIpc) is 1.98. The van der Waals surface area contributed by atoms with Crippen LogP contribution in [0.3, 0.4) is 0 Å². The van der Waals surface area contributed by atoms with Crippen LogP contribution in [-0.4, -0.2) is 28.3 Å². The van der Waals surface area contributed by atoms with Crippen molar-refractivity contribution in [3.8, 4) is 0 Å². The highest BCUT2D eigenvalue weighted by Crippen LogP contribution is 2.06. The number of hydrogen-bond acceptors (Lipinski definition) is 3. The molecular formula is C9H17NO3. The van der Waals surface area contributed by atoms with E-state index >= 15 is 0 Å². The van der Waals surface area contributed by atoms with Gasteiger partial charge in [0, 0.05) is 12.1 Å².